The van der Waals surface area contributed by atoms with Gasteiger partial charge in [-0.3, -0.25) is 0 Å². The highest BCUT2D eigenvalue weighted by molar-refractivity contribution is 7.18. The number of benzene rings is 2. The first-order valence-corrected chi connectivity index (χ1v) is 15.6. The molecule has 1 aliphatic carbocycles. The molecule has 1 aliphatic rings. The molecule has 0 amide bonds. The van der Waals surface area contributed by atoms with E-state index in [1.807, 2.05) is 11.3 Å². The number of rotatable bonds is 11. The smallest absolute Gasteiger partial charge is 0.139 e. The van der Waals surface area contributed by atoms with Crippen LogP contribution in [0.3, 0.4) is 0 Å². The maximum Gasteiger partial charge on any atom is 0.139 e. The molecule has 2 unspecified atom stereocenters. The Labute approximate surface area is 232 Å². The number of thiazole rings is 1. The van der Waals surface area contributed by atoms with Crippen molar-refractivity contribution in [3.63, 3.8) is 0 Å². The molecule has 0 radical (unpaired) electrons. The molecule has 0 saturated heterocycles. The first-order valence-electron chi connectivity index (χ1n) is 14.7. The third kappa shape index (κ3) is 6.72. The van der Waals surface area contributed by atoms with E-state index in [0.29, 0.717) is 5.92 Å². The van der Waals surface area contributed by atoms with Crippen LogP contribution in [-0.2, 0) is 12.8 Å². The number of unbranched alkanes of at least 4 members (excludes halogenated alkanes) is 1. The van der Waals surface area contributed by atoms with Crippen molar-refractivity contribution in [2.24, 2.45) is 23.7 Å². The second-order valence-corrected chi connectivity index (χ2v) is 13.1. The number of aromatic nitrogens is 3. The predicted octanol–water partition coefficient (Wildman–Crippen LogP) is 8.73. The lowest BCUT2D eigenvalue weighted by molar-refractivity contribution is 0.208. The Kier molecular flexibility index (Phi) is 8.93. The zero-order valence-electron chi connectivity index (χ0n) is 23.7. The third-order valence-electron chi connectivity index (χ3n) is 8.79. The molecule has 2 heterocycles. The van der Waals surface area contributed by atoms with Crippen molar-refractivity contribution >= 4 is 38.3 Å². The summed E-state index contributed by atoms with van der Waals surface area (Å²) in [6.07, 6.45) is 13.0. The summed E-state index contributed by atoms with van der Waals surface area (Å²) in [5.74, 6) is 5.31. The monoisotopic (exact) mass is 528 g/mol. The van der Waals surface area contributed by atoms with E-state index in [1.54, 1.807) is 0 Å². The first-order chi connectivity index (χ1) is 18.5. The molecular weight excluding hydrogens is 484 g/mol. The normalized spacial score (nSPS) is 19.6. The first kappa shape index (κ1) is 27.1. The third-order valence-corrected chi connectivity index (χ3v) is 9.85. The van der Waals surface area contributed by atoms with Crippen LogP contribution in [0.4, 0.5) is 5.82 Å². The van der Waals surface area contributed by atoms with Crippen molar-refractivity contribution in [1.82, 2.24) is 15.0 Å². The number of fused-ring (bicyclic) bond motifs is 2. The number of hydrogen-bond donors (Lipinski definition) is 0. The molecule has 0 spiro atoms. The SMILES string of the molecule is CC(Cc1nc2ccccc2s1)C(C)CC1CCC(CCCCc2nc(N(C)C)c3ccccc3n2)CC1. The topological polar surface area (TPSA) is 41.9 Å². The molecule has 5 heteroatoms. The lowest BCUT2D eigenvalue weighted by Gasteiger charge is -2.31. The maximum atomic E-state index is 4.89. The van der Waals surface area contributed by atoms with E-state index in [-0.39, 0.29) is 0 Å². The summed E-state index contributed by atoms with van der Waals surface area (Å²) in [5, 5.41) is 2.44. The standard InChI is InChI=1S/C33H44N4S/c1-23(24(2)22-32-35-29-14-8-9-15-30(29)38-32)21-26-19-17-25(18-20-26)11-5-10-16-31-34-28-13-7-6-12-27(28)33(36-31)37(3)4/h6-9,12-15,23-26H,5,10-11,16-22H2,1-4H3. The van der Waals surface area contributed by atoms with Gasteiger partial charge in [-0.1, -0.05) is 76.6 Å². The Morgan fingerprint density at radius 1 is 0.816 bits per heavy atom. The minimum Gasteiger partial charge on any atom is -0.362 e. The molecule has 2 aromatic heterocycles. The molecule has 38 heavy (non-hydrogen) atoms. The molecule has 202 valence electrons. The molecule has 0 aliphatic heterocycles. The summed E-state index contributed by atoms with van der Waals surface area (Å²) in [7, 11) is 4.14. The van der Waals surface area contributed by atoms with Crippen LogP contribution in [0.15, 0.2) is 48.5 Å². The van der Waals surface area contributed by atoms with Gasteiger partial charge in [0.25, 0.3) is 0 Å². The zero-order chi connectivity index (χ0) is 26.5. The second kappa shape index (κ2) is 12.5. The number of anilines is 1. The predicted molar refractivity (Wildman–Crippen MR) is 163 cm³/mol. The number of aryl methyl sites for hydroxylation is 1. The average Bonchev–Trinajstić information content (AvgIpc) is 3.33. The largest absolute Gasteiger partial charge is 0.362 e. The van der Waals surface area contributed by atoms with Crippen molar-refractivity contribution in [3.05, 3.63) is 59.4 Å². The van der Waals surface area contributed by atoms with Gasteiger partial charge in [-0.05, 0) is 60.8 Å². The lowest BCUT2D eigenvalue weighted by atomic mass is 9.74. The van der Waals surface area contributed by atoms with E-state index in [0.717, 1.165) is 58.7 Å². The zero-order valence-corrected chi connectivity index (χ0v) is 24.5. The van der Waals surface area contributed by atoms with Gasteiger partial charge in [-0.2, -0.15) is 0 Å². The van der Waals surface area contributed by atoms with Gasteiger partial charge < -0.3 is 4.90 Å². The molecular formula is C33H44N4S. The maximum absolute atomic E-state index is 4.89. The molecule has 2 atom stereocenters. The number of nitrogens with zero attached hydrogens (tertiary/aromatic N) is 4. The van der Waals surface area contributed by atoms with Gasteiger partial charge in [0.05, 0.1) is 20.7 Å². The van der Waals surface area contributed by atoms with Crippen molar-refractivity contribution in [2.45, 2.75) is 78.1 Å². The fourth-order valence-electron chi connectivity index (χ4n) is 6.27. The Balaban J connectivity index is 1.02. The van der Waals surface area contributed by atoms with E-state index in [1.165, 1.54) is 61.1 Å². The van der Waals surface area contributed by atoms with Crippen LogP contribution < -0.4 is 4.90 Å². The van der Waals surface area contributed by atoms with E-state index in [4.69, 9.17) is 15.0 Å². The van der Waals surface area contributed by atoms with Crippen molar-refractivity contribution in [3.8, 4) is 0 Å². The minimum atomic E-state index is 0.693. The summed E-state index contributed by atoms with van der Waals surface area (Å²) in [6, 6.07) is 16.9. The summed E-state index contributed by atoms with van der Waals surface area (Å²) >= 11 is 1.88. The van der Waals surface area contributed by atoms with Gasteiger partial charge in [0.1, 0.15) is 11.6 Å². The van der Waals surface area contributed by atoms with Gasteiger partial charge >= 0.3 is 0 Å². The molecule has 5 rings (SSSR count). The van der Waals surface area contributed by atoms with E-state index >= 15 is 0 Å². The van der Waals surface area contributed by atoms with Crippen LogP contribution >= 0.6 is 11.3 Å². The Bertz CT molecular complexity index is 1290. The summed E-state index contributed by atoms with van der Waals surface area (Å²) in [6.45, 7) is 4.91. The molecule has 0 bridgehead atoms. The Morgan fingerprint density at radius 3 is 2.29 bits per heavy atom. The van der Waals surface area contributed by atoms with Crippen LogP contribution in [0.25, 0.3) is 21.1 Å². The Morgan fingerprint density at radius 2 is 1.53 bits per heavy atom. The minimum absolute atomic E-state index is 0.693. The van der Waals surface area contributed by atoms with Crippen LogP contribution in [-0.4, -0.2) is 29.0 Å². The highest BCUT2D eigenvalue weighted by Crippen LogP contribution is 2.37. The lowest BCUT2D eigenvalue weighted by Crippen LogP contribution is -2.20. The Hall–Kier alpha value is -2.53. The quantitative estimate of drug-likeness (QED) is 0.183. The van der Waals surface area contributed by atoms with Crippen molar-refractivity contribution in [1.29, 1.82) is 0 Å². The molecule has 4 nitrogen and oxygen atoms in total. The van der Waals surface area contributed by atoms with Gasteiger partial charge in [-0.25, -0.2) is 15.0 Å². The van der Waals surface area contributed by atoms with Crippen LogP contribution in [0.5, 0.6) is 0 Å². The van der Waals surface area contributed by atoms with E-state index in [2.05, 4.69) is 81.4 Å². The van der Waals surface area contributed by atoms with Crippen LogP contribution in [0.1, 0.15) is 76.0 Å². The van der Waals surface area contributed by atoms with E-state index in [9.17, 15) is 0 Å². The van der Waals surface area contributed by atoms with Gasteiger partial charge in [0, 0.05) is 32.3 Å². The highest BCUT2D eigenvalue weighted by atomic mass is 32.1. The second-order valence-electron chi connectivity index (χ2n) is 12.0. The fourth-order valence-corrected chi connectivity index (χ4v) is 7.38. The summed E-state index contributed by atoms with van der Waals surface area (Å²) in [4.78, 5) is 16.7. The molecule has 1 fully saturated rings. The van der Waals surface area contributed by atoms with Crippen LogP contribution in [0.2, 0.25) is 0 Å². The molecule has 1 saturated carbocycles. The van der Waals surface area contributed by atoms with Gasteiger partial charge in [0.2, 0.25) is 0 Å². The number of para-hydroxylation sites is 2. The fraction of sp³-hybridized carbons (Fsp3) is 0.545. The summed E-state index contributed by atoms with van der Waals surface area (Å²) in [5.41, 5.74) is 2.22. The summed E-state index contributed by atoms with van der Waals surface area (Å²) < 4.78 is 1.32. The van der Waals surface area contributed by atoms with Gasteiger partial charge in [-0.15, -0.1) is 11.3 Å². The average molecular weight is 529 g/mol. The van der Waals surface area contributed by atoms with Crippen LogP contribution in [0, 0.1) is 23.7 Å². The van der Waals surface area contributed by atoms with Crippen molar-refractivity contribution in [2.75, 3.05) is 19.0 Å². The van der Waals surface area contributed by atoms with Crippen molar-refractivity contribution < 1.29 is 0 Å². The molecule has 4 aromatic rings. The number of hydrogen-bond acceptors (Lipinski definition) is 5. The van der Waals surface area contributed by atoms with Gasteiger partial charge in [0.15, 0.2) is 0 Å². The molecule has 0 N–H and O–H groups in total. The highest BCUT2D eigenvalue weighted by Gasteiger charge is 2.25. The van der Waals surface area contributed by atoms with E-state index < -0.39 is 0 Å². The molecule has 2 aromatic carbocycles.